The van der Waals surface area contributed by atoms with E-state index in [9.17, 15) is 9.59 Å². The summed E-state index contributed by atoms with van der Waals surface area (Å²) >= 11 is 3.53. The van der Waals surface area contributed by atoms with E-state index in [1.54, 1.807) is 24.3 Å². The van der Waals surface area contributed by atoms with E-state index >= 15 is 0 Å². The van der Waals surface area contributed by atoms with Gasteiger partial charge in [0.1, 0.15) is 11.7 Å². The number of hydrogen-bond acceptors (Lipinski definition) is 5. The summed E-state index contributed by atoms with van der Waals surface area (Å²) in [6.45, 7) is 1.96. The lowest BCUT2D eigenvalue weighted by molar-refractivity contribution is -0.126. The number of nitrogens with zero attached hydrogens (tertiary/aromatic N) is 2. The Hall–Kier alpha value is -3.16. The number of para-hydroxylation sites is 1. The lowest BCUT2D eigenvalue weighted by atomic mass is 9.90. The van der Waals surface area contributed by atoms with Crippen molar-refractivity contribution in [1.82, 2.24) is 0 Å². The lowest BCUT2D eigenvalue weighted by Crippen LogP contribution is -2.37. The number of anilines is 2. The second kappa shape index (κ2) is 8.07. The minimum absolute atomic E-state index is 0.283. The van der Waals surface area contributed by atoms with Gasteiger partial charge in [0.2, 0.25) is 5.91 Å². The van der Waals surface area contributed by atoms with Crippen LogP contribution >= 0.6 is 15.9 Å². The first-order valence-corrected chi connectivity index (χ1v) is 11.1. The first kappa shape index (κ1) is 20.7. The molecule has 3 atom stereocenters. The molecule has 2 fully saturated rings. The number of carbonyl (C=O) groups is 2. The van der Waals surface area contributed by atoms with Crippen molar-refractivity contribution in [2.75, 3.05) is 17.1 Å². The number of imide groups is 1. The molecule has 5 rings (SSSR count). The zero-order chi connectivity index (χ0) is 22.4. The molecular formula is C25H21BrN2O4. The van der Waals surface area contributed by atoms with Gasteiger partial charge in [-0.3, -0.25) is 14.4 Å². The Balaban J connectivity index is 1.63. The summed E-state index contributed by atoms with van der Waals surface area (Å²) in [5, 5.41) is 1.67. The molecule has 6 nitrogen and oxygen atoms in total. The van der Waals surface area contributed by atoms with Crippen LogP contribution in [0.25, 0.3) is 0 Å². The Morgan fingerprint density at radius 2 is 1.62 bits per heavy atom. The summed E-state index contributed by atoms with van der Waals surface area (Å²) in [4.78, 5) is 34.5. The van der Waals surface area contributed by atoms with Crippen LogP contribution in [0.5, 0.6) is 5.75 Å². The van der Waals surface area contributed by atoms with E-state index in [0.29, 0.717) is 11.4 Å². The van der Waals surface area contributed by atoms with Crippen LogP contribution in [-0.4, -0.2) is 25.0 Å². The van der Waals surface area contributed by atoms with Gasteiger partial charge in [0.15, 0.2) is 6.10 Å². The minimum atomic E-state index is -0.919. The Labute approximate surface area is 194 Å². The van der Waals surface area contributed by atoms with Crippen LogP contribution in [-0.2, 0) is 14.4 Å². The van der Waals surface area contributed by atoms with Gasteiger partial charge in [-0.15, -0.1) is 0 Å². The first-order chi connectivity index (χ1) is 15.5. The highest BCUT2D eigenvalue weighted by molar-refractivity contribution is 9.10. The highest BCUT2D eigenvalue weighted by Crippen LogP contribution is 2.49. The Morgan fingerprint density at radius 3 is 2.31 bits per heavy atom. The zero-order valence-corrected chi connectivity index (χ0v) is 19.2. The number of aryl methyl sites for hydroxylation is 1. The van der Waals surface area contributed by atoms with Crippen LogP contribution in [0.2, 0.25) is 0 Å². The van der Waals surface area contributed by atoms with Gasteiger partial charge in [0.05, 0.1) is 24.5 Å². The van der Waals surface area contributed by atoms with Gasteiger partial charge in [-0.2, -0.15) is 0 Å². The summed E-state index contributed by atoms with van der Waals surface area (Å²) in [6, 6.07) is 21.9. The SMILES string of the molecule is COc1ccc(Br)cc1[C@H]1[C@@H]2C(=O)N(c3ccc(C)cc3)C(=O)[C@H]2ON1c1ccccc1. The second-order valence-electron chi connectivity index (χ2n) is 7.89. The topological polar surface area (TPSA) is 59.1 Å². The molecule has 0 radical (unpaired) electrons. The summed E-state index contributed by atoms with van der Waals surface area (Å²) in [5.74, 6) is -0.736. The van der Waals surface area contributed by atoms with Gasteiger partial charge in [0, 0.05) is 10.0 Å². The third kappa shape index (κ3) is 3.29. The number of hydroxylamine groups is 1. The highest BCUT2D eigenvalue weighted by Gasteiger charge is 2.60. The molecule has 0 aromatic heterocycles. The fourth-order valence-electron chi connectivity index (χ4n) is 4.41. The summed E-state index contributed by atoms with van der Waals surface area (Å²) in [5.41, 5.74) is 3.13. The average Bonchev–Trinajstić information content (AvgIpc) is 3.31. The number of hydrogen-bond donors (Lipinski definition) is 0. The van der Waals surface area contributed by atoms with E-state index < -0.39 is 18.1 Å². The number of carbonyl (C=O) groups excluding carboxylic acids is 2. The van der Waals surface area contributed by atoms with E-state index in [1.165, 1.54) is 4.90 Å². The number of methoxy groups -OCH3 is 1. The molecule has 32 heavy (non-hydrogen) atoms. The minimum Gasteiger partial charge on any atom is -0.496 e. The van der Waals surface area contributed by atoms with Crippen molar-refractivity contribution in [2.45, 2.75) is 19.1 Å². The normalized spacial score (nSPS) is 22.4. The van der Waals surface area contributed by atoms with E-state index in [2.05, 4.69) is 15.9 Å². The zero-order valence-electron chi connectivity index (χ0n) is 17.6. The quantitative estimate of drug-likeness (QED) is 0.488. The number of halogens is 1. The number of benzene rings is 3. The molecule has 3 aromatic carbocycles. The highest BCUT2D eigenvalue weighted by atomic mass is 79.9. The summed E-state index contributed by atoms with van der Waals surface area (Å²) < 4.78 is 6.46. The molecule has 0 saturated carbocycles. The molecule has 0 spiro atoms. The molecule has 0 aliphatic carbocycles. The van der Waals surface area contributed by atoms with Crippen molar-refractivity contribution >= 4 is 39.1 Å². The van der Waals surface area contributed by atoms with Gasteiger partial charge in [-0.05, 0) is 49.4 Å². The molecule has 2 aliphatic heterocycles. The smallest absolute Gasteiger partial charge is 0.266 e. The van der Waals surface area contributed by atoms with Crippen LogP contribution in [0.4, 0.5) is 11.4 Å². The van der Waals surface area contributed by atoms with Crippen molar-refractivity contribution in [3.8, 4) is 5.75 Å². The number of rotatable bonds is 4. The monoisotopic (exact) mass is 492 g/mol. The maximum absolute atomic E-state index is 13.7. The van der Waals surface area contributed by atoms with Gasteiger partial charge in [0.25, 0.3) is 5.91 Å². The van der Waals surface area contributed by atoms with E-state index in [1.807, 2.05) is 67.6 Å². The standard InChI is InChI=1S/C25H21BrN2O4/c1-15-8-11-17(12-9-15)27-24(29)21-22(19-14-16(26)10-13-20(19)31-2)28(32-23(21)25(27)30)18-6-4-3-5-7-18/h3-14,21-23H,1-2H3/t21-,22-,23-/m0/s1. The molecule has 2 amide bonds. The molecule has 2 saturated heterocycles. The Bertz CT molecular complexity index is 1180. The van der Waals surface area contributed by atoms with Gasteiger partial charge >= 0.3 is 0 Å². The Morgan fingerprint density at radius 1 is 0.906 bits per heavy atom. The number of amides is 2. The fourth-order valence-corrected chi connectivity index (χ4v) is 4.79. The number of ether oxygens (including phenoxy) is 1. The molecule has 2 aliphatic rings. The lowest BCUT2D eigenvalue weighted by Gasteiger charge is -2.29. The second-order valence-corrected chi connectivity index (χ2v) is 8.81. The van der Waals surface area contributed by atoms with E-state index in [0.717, 1.165) is 21.3 Å². The third-order valence-electron chi connectivity index (χ3n) is 5.93. The van der Waals surface area contributed by atoms with Crippen LogP contribution in [0.15, 0.2) is 77.3 Å². The van der Waals surface area contributed by atoms with Gasteiger partial charge < -0.3 is 4.74 Å². The van der Waals surface area contributed by atoms with Crippen LogP contribution in [0, 0.1) is 12.8 Å². The summed E-state index contributed by atoms with van der Waals surface area (Å²) in [7, 11) is 1.59. The molecule has 0 unspecified atom stereocenters. The van der Waals surface area contributed by atoms with Crippen molar-refractivity contribution in [3.05, 3.63) is 88.4 Å². The predicted octanol–water partition coefficient (Wildman–Crippen LogP) is 4.82. The van der Waals surface area contributed by atoms with E-state index in [-0.39, 0.29) is 11.8 Å². The fraction of sp³-hybridized carbons (Fsp3) is 0.200. The summed E-state index contributed by atoms with van der Waals surface area (Å²) in [6.07, 6.45) is -0.919. The van der Waals surface area contributed by atoms with Gasteiger partial charge in [-0.1, -0.05) is 51.8 Å². The maximum atomic E-state index is 13.7. The first-order valence-electron chi connectivity index (χ1n) is 10.3. The molecule has 2 heterocycles. The largest absolute Gasteiger partial charge is 0.496 e. The molecule has 7 heteroatoms. The Kier molecular flexibility index (Phi) is 5.23. The average molecular weight is 493 g/mol. The number of fused-ring (bicyclic) bond motifs is 1. The molecule has 3 aromatic rings. The predicted molar refractivity (Wildman–Crippen MR) is 124 cm³/mol. The van der Waals surface area contributed by atoms with Crippen molar-refractivity contribution in [2.24, 2.45) is 5.92 Å². The molecular weight excluding hydrogens is 472 g/mol. The van der Waals surface area contributed by atoms with E-state index in [4.69, 9.17) is 9.57 Å². The maximum Gasteiger partial charge on any atom is 0.266 e. The van der Waals surface area contributed by atoms with Crippen LogP contribution in [0.1, 0.15) is 17.2 Å². The van der Waals surface area contributed by atoms with Crippen molar-refractivity contribution in [3.63, 3.8) is 0 Å². The van der Waals surface area contributed by atoms with Crippen LogP contribution in [0.3, 0.4) is 0 Å². The molecule has 0 N–H and O–H groups in total. The molecule has 162 valence electrons. The van der Waals surface area contributed by atoms with Crippen molar-refractivity contribution < 1.29 is 19.2 Å². The van der Waals surface area contributed by atoms with Crippen LogP contribution < -0.4 is 14.7 Å². The molecule has 0 bridgehead atoms. The third-order valence-corrected chi connectivity index (χ3v) is 6.42. The van der Waals surface area contributed by atoms with Crippen molar-refractivity contribution in [1.29, 1.82) is 0 Å². The van der Waals surface area contributed by atoms with Gasteiger partial charge in [-0.25, -0.2) is 9.96 Å².